The summed E-state index contributed by atoms with van der Waals surface area (Å²) in [6.07, 6.45) is 0. The Morgan fingerprint density at radius 2 is 1.72 bits per heavy atom. The predicted octanol–water partition coefficient (Wildman–Crippen LogP) is 4.90. The maximum absolute atomic E-state index is 13.2. The molecule has 0 aliphatic rings. The Hall–Kier alpha value is -4.06. The van der Waals surface area contributed by atoms with Crippen LogP contribution < -0.4 is 14.9 Å². The fourth-order valence-corrected chi connectivity index (χ4v) is 3.46. The van der Waals surface area contributed by atoms with Crippen molar-refractivity contribution in [3.8, 4) is 22.6 Å². The van der Waals surface area contributed by atoms with Gasteiger partial charge in [0.2, 0.25) is 5.43 Å². The van der Waals surface area contributed by atoms with Gasteiger partial charge in [-0.3, -0.25) is 4.79 Å². The lowest BCUT2D eigenvalue weighted by molar-refractivity contribution is -0.147. The van der Waals surface area contributed by atoms with Crippen LogP contribution in [0.3, 0.4) is 0 Å². The molecule has 1 aromatic heterocycles. The number of carbonyl (C=O) groups excluding carboxylic acids is 1. The average molecular weight is 430 g/mol. The van der Waals surface area contributed by atoms with Crippen LogP contribution in [0.25, 0.3) is 22.1 Å². The van der Waals surface area contributed by atoms with E-state index in [1.54, 1.807) is 38.3 Å². The van der Waals surface area contributed by atoms with Crippen molar-refractivity contribution in [2.24, 2.45) is 0 Å². The summed E-state index contributed by atoms with van der Waals surface area (Å²) in [5.41, 5.74) is 2.23. The van der Waals surface area contributed by atoms with Crippen LogP contribution in [0.2, 0.25) is 0 Å². The Balaban J connectivity index is 1.52. The molecule has 0 aliphatic heterocycles. The number of methoxy groups -OCH3 is 1. The highest BCUT2D eigenvalue weighted by Crippen LogP contribution is 2.32. The fraction of sp³-hybridized carbons (Fsp3) is 0.154. The molecule has 0 aliphatic carbocycles. The average Bonchev–Trinajstić information content (AvgIpc) is 2.82. The number of esters is 1. The van der Waals surface area contributed by atoms with Crippen molar-refractivity contribution in [2.75, 3.05) is 13.7 Å². The van der Waals surface area contributed by atoms with Gasteiger partial charge in [-0.2, -0.15) is 0 Å². The van der Waals surface area contributed by atoms with Gasteiger partial charge in [-0.25, -0.2) is 4.79 Å². The van der Waals surface area contributed by atoms with E-state index in [0.29, 0.717) is 39.4 Å². The summed E-state index contributed by atoms with van der Waals surface area (Å²) >= 11 is 0. The molecule has 0 saturated carbocycles. The monoisotopic (exact) mass is 430 g/mol. The van der Waals surface area contributed by atoms with E-state index in [1.165, 1.54) is 0 Å². The second-order valence-corrected chi connectivity index (χ2v) is 7.16. The molecule has 0 amide bonds. The summed E-state index contributed by atoms with van der Waals surface area (Å²) in [6.45, 7) is 1.67. The third-order valence-electron chi connectivity index (χ3n) is 5.02. The van der Waals surface area contributed by atoms with Gasteiger partial charge in [0.05, 0.1) is 18.1 Å². The van der Waals surface area contributed by atoms with Crippen LogP contribution in [0.1, 0.15) is 11.3 Å². The molecular weight excluding hydrogens is 408 g/mol. The standard InChI is InChI=1S/C26H22O6/c1-17-25(20-10-6-7-11-22(20)29-2)26(28)21-13-12-19(14-23(21)32-17)30-16-24(27)31-15-18-8-4-3-5-9-18/h3-14H,15-16H2,1-2H3. The van der Waals surface area contributed by atoms with Gasteiger partial charge in [-0.15, -0.1) is 0 Å². The van der Waals surface area contributed by atoms with E-state index in [2.05, 4.69) is 0 Å². The topological polar surface area (TPSA) is 75.0 Å². The zero-order valence-corrected chi connectivity index (χ0v) is 17.8. The minimum Gasteiger partial charge on any atom is -0.496 e. The smallest absolute Gasteiger partial charge is 0.344 e. The third-order valence-corrected chi connectivity index (χ3v) is 5.02. The Morgan fingerprint density at radius 1 is 0.969 bits per heavy atom. The molecule has 162 valence electrons. The van der Waals surface area contributed by atoms with Crippen LogP contribution >= 0.6 is 0 Å². The molecule has 6 nitrogen and oxygen atoms in total. The normalized spacial score (nSPS) is 10.7. The molecule has 32 heavy (non-hydrogen) atoms. The Morgan fingerprint density at radius 3 is 2.50 bits per heavy atom. The highest BCUT2D eigenvalue weighted by molar-refractivity contribution is 5.85. The quantitative estimate of drug-likeness (QED) is 0.388. The van der Waals surface area contributed by atoms with Crippen molar-refractivity contribution < 1.29 is 23.4 Å². The van der Waals surface area contributed by atoms with E-state index < -0.39 is 5.97 Å². The number of hydrogen-bond donors (Lipinski definition) is 0. The van der Waals surface area contributed by atoms with Gasteiger partial charge in [0.25, 0.3) is 0 Å². The molecule has 0 fully saturated rings. The number of para-hydroxylation sites is 1. The van der Waals surface area contributed by atoms with E-state index in [4.69, 9.17) is 18.6 Å². The van der Waals surface area contributed by atoms with Crippen LogP contribution in [-0.4, -0.2) is 19.7 Å². The molecule has 0 atom stereocenters. The number of ether oxygens (including phenoxy) is 3. The summed E-state index contributed by atoms with van der Waals surface area (Å²) in [6, 6.07) is 21.6. The molecular formula is C26H22O6. The Kier molecular flexibility index (Phi) is 6.22. The molecule has 3 aromatic carbocycles. The molecule has 4 rings (SSSR count). The minimum absolute atomic E-state index is 0.165. The maximum atomic E-state index is 13.2. The fourth-order valence-electron chi connectivity index (χ4n) is 3.46. The first-order valence-corrected chi connectivity index (χ1v) is 10.1. The van der Waals surface area contributed by atoms with Crippen molar-refractivity contribution in [3.63, 3.8) is 0 Å². The number of aryl methyl sites for hydroxylation is 1. The van der Waals surface area contributed by atoms with Gasteiger partial charge in [0.1, 0.15) is 29.4 Å². The highest BCUT2D eigenvalue weighted by Gasteiger charge is 2.17. The van der Waals surface area contributed by atoms with Crippen molar-refractivity contribution in [1.29, 1.82) is 0 Å². The summed E-state index contributed by atoms with van der Waals surface area (Å²) in [4.78, 5) is 25.2. The predicted molar refractivity (Wildman–Crippen MR) is 121 cm³/mol. The van der Waals surface area contributed by atoms with Crippen LogP contribution in [0.5, 0.6) is 11.5 Å². The molecule has 0 radical (unpaired) electrons. The lowest BCUT2D eigenvalue weighted by atomic mass is 10.0. The van der Waals surface area contributed by atoms with Gasteiger partial charge in [-0.1, -0.05) is 48.5 Å². The van der Waals surface area contributed by atoms with Crippen LogP contribution in [-0.2, 0) is 16.1 Å². The lowest BCUT2D eigenvalue weighted by Gasteiger charge is -2.12. The molecule has 0 spiro atoms. The summed E-state index contributed by atoms with van der Waals surface area (Å²) in [5, 5.41) is 0.413. The Labute approximate surface area is 185 Å². The van der Waals surface area contributed by atoms with Gasteiger partial charge >= 0.3 is 5.97 Å². The number of benzene rings is 3. The molecule has 0 saturated heterocycles. The first kappa shape index (κ1) is 21.2. The molecule has 4 aromatic rings. The summed E-state index contributed by atoms with van der Waals surface area (Å²) < 4.78 is 22.1. The van der Waals surface area contributed by atoms with E-state index in [1.807, 2.05) is 48.5 Å². The van der Waals surface area contributed by atoms with Gasteiger partial charge in [0, 0.05) is 11.6 Å². The zero-order valence-electron chi connectivity index (χ0n) is 17.8. The molecule has 6 heteroatoms. The van der Waals surface area contributed by atoms with Crippen molar-refractivity contribution in [3.05, 3.63) is 94.3 Å². The summed E-state index contributed by atoms with van der Waals surface area (Å²) in [5.74, 6) is 0.975. The van der Waals surface area contributed by atoms with Gasteiger partial charge < -0.3 is 18.6 Å². The molecule has 0 unspecified atom stereocenters. The van der Waals surface area contributed by atoms with Gasteiger partial charge in [-0.05, 0) is 30.7 Å². The molecule has 0 N–H and O–H groups in total. The van der Waals surface area contributed by atoms with Crippen molar-refractivity contribution in [2.45, 2.75) is 13.5 Å². The SMILES string of the molecule is COc1ccccc1-c1c(C)oc2cc(OCC(=O)OCc3ccccc3)ccc2c1=O. The van der Waals surface area contributed by atoms with E-state index >= 15 is 0 Å². The van der Waals surface area contributed by atoms with E-state index in [0.717, 1.165) is 5.56 Å². The van der Waals surface area contributed by atoms with Crippen molar-refractivity contribution >= 4 is 16.9 Å². The third kappa shape index (κ3) is 4.49. The highest BCUT2D eigenvalue weighted by atomic mass is 16.6. The molecule has 1 heterocycles. The first-order valence-electron chi connectivity index (χ1n) is 10.1. The number of carbonyl (C=O) groups is 1. The second-order valence-electron chi connectivity index (χ2n) is 7.16. The lowest BCUT2D eigenvalue weighted by Crippen LogP contribution is -2.15. The van der Waals surface area contributed by atoms with Crippen LogP contribution in [0.15, 0.2) is 82.0 Å². The summed E-state index contributed by atoms with van der Waals surface area (Å²) in [7, 11) is 1.56. The number of fused-ring (bicyclic) bond motifs is 1. The van der Waals surface area contributed by atoms with Crippen LogP contribution in [0.4, 0.5) is 0 Å². The molecule has 0 bridgehead atoms. The second kappa shape index (κ2) is 9.39. The number of rotatable bonds is 7. The van der Waals surface area contributed by atoms with Crippen LogP contribution in [0, 0.1) is 6.92 Å². The van der Waals surface area contributed by atoms with E-state index in [-0.39, 0.29) is 18.6 Å². The van der Waals surface area contributed by atoms with E-state index in [9.17, 15) is 9.59 Å². The van der Waals surface area contributed by atoms with Gasteiger partial charge in [0.15, 0.2) is 6.61 Å². The zero-order chi connectivity index (χ0) is 22.5. The first-order chi connectivity index (χ1) is 15.6. The van der Waals surface area contributed by atoms with Crippen molar-refractivity contribution in [1.82, 2.24) is 0 Å². The minimum atomic E-state index is -0.488. The maximum Gasteiger partial charge on any atom is 0.344 e. The Bertz CT molecular complexity index is 1310. The largest absolute Gasteiger partial charge is 0.496 e. The number of hydrogen-bond acceptors (Lipinski definition) is 6.